The minimum Gasteiger partial charge on any atom is -0.368 e. The number of hydrogen-bond donors (Lipinski definition) is 1. The van der Waals surface area contributed by atoms with E-state index in [1.165, 1.54) is 0 Å². The van der Waals surface area contributed by atoms with Gasteiger partial charge in [0.2, 0.25) is 5.95 Å². The molecule has 0 radical (unpaired) electrons. The number of nitrogen functional groups attached to an aromatic ring is 1. The molecule has 0 saturated carbocycles. The molecular weight excluding hydrogens is 254 g/mol. The van der Waals surface area contributed by atoms with Crippen LogP contribution in [0.2, 0.25) is 0 Å². The molecule has 2 N–H and O–H groups in total. The standard InChI is InChI=1S/C11H18BrN3/c1-6(2)7-8(11(3,4)5)14-10(13)15-9(7)12/h6H,1-5H3,(H2,13,14,15). The highest BCUT2D eigenvalue weighted by Crippen LogP contribution is 2.33. The molecule has 1 aromatic heterocycles. The van der Waals surface area contributed by atoms with Crippen LogP contribution < -0.4 is 5.73 Å². The van der Waals surface area contributed by atoms with Gasteiger partial charge >= 0.3 is 0 Å². The summed E-state index contributed by atoms with van der Waals surface area (Å²) in [4.78, 5) is 8.52. The third kappa shape index (κ3) is 2.68. The summed E-state index contributed by atoms with van der Waals surface area (Å²) in [5.74, 6) is 0.713. The highest BCUT2D eigenvalue weighted by molar-refractivity contribution is 9.10. The van der Waals surface area contributed by atoms with Crippen molar-refractivity contribution in [3.63, 3.8) is 0 Å². The predicted octanol–water partition coefficient (Wildman–Crippen LogP) is 3.24. The molecule has 0 bridgehead atoms. The van der Waals surface area contributed by atoms with Crippen LogP contribution >= 0.6 is 15.9 Å². The Kier molecular flexibility index (Phi) is 3.38. The van der Waals surface area contributed by atoms with Crippen LogP contribution in [0.4, 0.5) is 5.95 Å². The fraction of sp³-hybridized carbons (Fsp3) is 0.636. The molecule has 0 spiro atoms. The number of aromatic nitrogens is 2. The Morgan fingerprint density at radius 1 is 1.20 bits per heavy atom. The van der Waals surface area contributed by atoms with E-state index in [1.807, 2.05) is 0 Å². The molecule has 0 unspecified atom stereocenters. The highest BCUT2D eigenvalue weighted by Gasteiger charge is 2.24. The lowest BCUT2D eigenvalue weighted by molar-refractivity contribution is 0.552. The third-order valence-corrected chi connectivity index (χ3v) is 2.81. The first kappa shape index (κ1) is 12.4. The maximum atomic E-state index is 5.67. The van der Waals surface area contributed by atoms with Crippen LogP contribution in [-0.2, 0) is 5.41 Å². The Labute approximate surface area is 99.6 Å². The zero-order valence-electron chi connectivity index (χ0n) is 9.93. The summed E-state index contributed by atoms with van der Waals surface area (Å²) >= 11 is 3.46. The van der Waals surface area contributed by atoms with Crippen molar-refractivity contribution in [3.8, 4) is 0 Å². The predicted molar refractivity (Wildman–Crippen MR) is 66.9 cm³/mol. The van der Waals surface area contributed by atoms with E-state index in [2.05, 4.69) is 60.5 Å². The maximum Gasteiger partial charge on any atom is 0.221 e. The molecule has 15 heavy (non-hydrogen) atoms. The quantitative estimate of drug-likeness (QED) is 0.798. The van der Waals surface area contributed by atoms with Gasteiger partial charge in [-0.3, -0.25) is 0 Å². The van der Waals surface area contributed by atoms with Crippen molar-refractivity contribution >= 4 is 21.9 Å². The largest absolute Gasteiger partial charge is 0.368 e. The molecule has 4 heteroatoms. The van der Waals surface area contributed by atoms with Crippen LogP contribution in [0.3, 0.4) is 0 Å². The zero-order valence-corrected chi connectivity index (χ0v) is 11.5. The minimum absolute atomic E-state index is 0.0147. The number of halogens is 1. The first-order valence-corrected chi connectivity index (χ1v) is 5.86. The van der Waals surface area contributed by atoms with Crippen molar-refractivity contribution < 1.29 is 0 Å². The highest BCUT2D eigenvalue weighted by atomic mass is 79.9. The van der Waals surface area contributed by atoms with Crippen LogP contribution in [0.15, 0.2) is 4.60 Å². The van der Waals surface area contributed by atoms with Crippen LogP contribution in [0.1, 0.15) is 51.8 Å². The molecule has 0 fully saturated rings. The van der Waals surface area contributed by atoms with E-state index in [4.69, 9.17) is 5.73 Å². The minimum atomic E-state index is -0.0147. The van der Waals surface area contributed by atoms with Crippen LogP contribution in [0.5, 0.6) is 0 Å². The van der Waals surface area contributed by atoms with E-state index in [9.17, 15) is 0 Å². The molecule has 0 saturated heterocycles. The van der Waals surface area contributed by atoms with Crippen molar-refractivity contribution in [1.29, 1.82) is 0 Å². The molecule has 0 aliphatic heterocycles. The third-order valence-electron chi connectivity index (χ3n) is 2.20. The second kappa shape index (κ2) is 4.08. The Hall–Kier alpha value is -0.640. The van der Waals surface area contributed by atoms with Gasteiger partial charge in [-0.15, -0.1) is 0 Å². The summed E-state index contributed by atoms with van der Waals surface area (Å²) in [5, 5.41) is 0. The van der Waals surface area contributed by atoms with E-state index >= 15 is 0 Å². The Morgan fingerprint density at radius 2 is 1.73 bits per heavy atom. The van der Waals surface area contributed by atoms with Gasteiger partial charge in [-0.05, 0) is 21.8 Å². The SMILES string of the molecule is CC(C)c1c(Br)nc(N)nc1C(C)(C)C. The molecule has 84 valence electrons. The monoisotopic (exact) mass is 271 g/mol. The lowest BCUT2D eigenvalue weighted by atomic mass is 9.86. The fourth-order valence-corrected chi connectivity index (χ4v) is 2.37. The topological polar surface area (TPSA) is 51.8 Å². The van der Waals surface area contributed by atoms with Gasteiger partial charge in [0.15, 0.2) is 0 Å². The van der Waals surface area contributed by atoms with Crippen molar-refractivity contribution in [1.82, 2.24) is 9.97 Å². The lowest BCUT2D eigenvalue weighted by Gasteiger charge is -2.24. The maximum absolute atomic E-state index is 5.67. The van der Waals surface area contributed by atoms with Crippen LogP contribution in [-0.4, -0.2) is 9.97 Å². The number of hydrogen-bond acceptors (Lipinski definition) is 3. The Bertz CT molecular complexity index is 367. The molecule has 0 aromatic carbocycles. The molecule has 1 rings (SSSR count). The zero-order chi connectivity index (χ0) is 11.8. The second-order valence-corrected chi connectivity index (χ2v) is 5.79. The van der Waals surface area contributed by atoms with E-state index in [0.29, 0.717) is 11.9 Å². The molecular formula is C11H18BrN3. The van der Waals surface area contributed by atoms with E-state index in [1.54, 1.807) is 0 Å². The van der Waals surface area contributed by atoms with Crippen molar-refractivity contribution in [3.05, 3.63) is 15.9 Å². The summed E-state index contributed by atoms with van der Waals surface area (Å²) in [6.07, 6.45) is 0. The van der Waals surface area contributed by atoms with Gasteiger partial charge in [0.1, 0.15) is 4.60 Å². The van der Waals surface area contributed by atoms with Crippen molar-refractivity contribution in [2.45, 2.75) is 46.0 Å². The van der Waals surface area contributed by atoms with E-state index in [0.717, 1.165) is 15.9 Å². The molecule has 0 aliphatic rings. The summed E-state index contributed by atoms with van der Waals surface area (Å²) in [6.45, 7) is 10.7. The number of nitrogens with zero attached hydrogens (tertiary/aromatic N) is 2. The first-order chi connectivity index (χ1) is 6.73. The van der Waals surface area contributed by atoms with E-state index in [-0.39, 0.29) is 5.41 Å². The smallest absolute Gasteiger partial charge is 0.221 e. The van der Waals surface area contributed by atoms with Crippen LogP contribution in [0, 0.1) is 0 Å². The normalized spacial score (nSPS) is 12.2. The first-order valence-electron chi connectivity index (χ1n) is 5.07. The summed E-state index contributed by atoms with van der Waals surface area (Å²) < 4.78 is 0.815. The lowest BCUT2D eigenvalue weighted by Crippen LogP contribution is -2.19. The fourth-order valence-electron chi connectivity index (χ4n) is 1.54. The van der Waals surface area contributed by atoms with Gasteiger partial charge in [0.25, 0.3) is 0 Å². The average molecular weight is 272 g/mol. The van der Waals surface area contributed by atoms with Crippen molar-refractivity contribution in [2.75, 3.05) is 5.73 Å². The second-order valence-electron chi connectivity index (χ2n) is 5.04. The van der Waals surface area contributed by atoms with E-state index < -0.39 is 0 Å². The van der Waals surface area contributed by atoms with Crippen molar-refractivity contribution in [2.24, 2.45) is 0 Å². The molecule has 0 aliphatic carbocycles. The van der Waals surface area contributed by atoms with Gasteiger partial charge in [0.05, 0.1) is 5.69 Å². The van der Waals surface area contributed by atoms with Crippen LogP contribution in [0.25, 0.3) is 0 Å². The van der Waals surface area contributed by atoms with Gasteiger partial charge in [-0.2, -0.15) is 0 Å². The summed E-state index contributed by atoms with van der Waals surface area (Å²) in [5.41, 5.74) is 7.83. The Morgan fingerprint density at radius 3 is 2.13 bits per heavy atom. The molecule has 3 nitrogen and oxygen atoms in total. The van der Waals surface area contributed by atoms with Gasteiger partial charge in [0, 0.05) is 11.0 Å². The molecule has 0 atom stereocenters. The molecule has 0 amide bonds. The molecule has 1 aromatic rings. The molecule has 1 heterocycles. The number of anilines is 1. The average Bonchev–Trinajstić information content (AvgIpc) is 1.99. The van der Waals surface area contributed by atoms with Gasteiger partial charge < -0.3 is 5.73 Å². The number of nitrogens with two attached hydrogens (primary N) is 1. The summed E-state index contributed by atoms with van der Waals surface area (Å²) in [7, 11) is 0. The summed E-state index contributed by atoms with van der Waals surface area (Å²) in [6, 6.07) is 0. The van der Waals surface area contributed by atoms with Gasteiger partial charge in [-0.1, -0.05) is 34.6 Å². The Balaban J connectivity index is 3.47. The number of rotatable bonds is 1. The van der Waals surface area contributed by atoms with Gasteiger partial charge in [-0.25, -0.2) is 9.97 Å².